The van der Waals surface area contributed by atoms with Gasteiger partial charge in [0.2, 0.25) is 9.84 Å². The van der Waals surface area contributed by atoms with Crippen LogP contribution in [0.5, 0.6) is 5.75 Å². The molecule has 0 fully saturated rings. The highest BCUT2D eigenvalue weighted by Crippen LogP contribution is 2.24. The monoisotopic (exact) mass is 517 g/mol. The Labute approximate surface area is 202 Å². The standard InChI is InChI=1S/C23H22ClF2NO4S.ClH/c24-18-3-1-2-17(14-18)22(28)15-27-13-12-16-4-8-20(9-5-16)32(29,30)21-10-6-19(7-11-21)31-23(25)26;/h1-11,14,22-23,27-28H,12-13,15H2;1H/t22-;/m0./s1. The lowest BCUT2D eigenvalue weighted by molar-refractivity contribution is -0.0498. The predicted molar refractivity (Wildman–Crippen MR) is 125 cm³/mol. The Hall–Kier alpha value is -2.23. The Balaban J connectivity index is 0.00000385. The van der Waals surface area contributed by atoms with E-state index < -0.39 is 22.6 Å². The molecule has 0 aromatic heterocycles. The summed E-state index contributed by atoms with van der Waals surface area (Å²) >= 11 is 5.93. The van der Waals surface area contributed by atoms with Crippen LogP contribution in [0.15, 0.2) is 82.6 Å². The number of hydrogen-bond acceptors (Lipinski definition) is 5. The van der Waals surface area contributed by atoms with Gasteiger partial charge in [0, 0.05) is 11.6 Å². The number of halogens is 4. The van der Waals surface area contributed by atoms with Gasteiger partial charge in [-0.2, -0.15) is 8.78 Å². The highest BCUT2D eigenvalue weighted by molar-refractivity contribution is 7.91. The number of hydrogen-bond donors (Lipinski definition) is 2. The molecule has 0 aliphatic rings. The third-order valence-corrected chi connectivity index (χ3v) is 6.78. The van der Waals surface area contributed by atoms with Crippen LogP contribution >= 0.6 is 24.0 Å². The average molecular weight is 518 g/mol. The van der Waals surface area contributed by atoms with E-state index in [1.807, 2.05) is 0 Å². The molecule has 0 radical (unpaired) electrons. The number of aliphatic hydroxyl groups is 1. The summed E-state index contributed by atoms with van der Waals surface area (Å²) in [6, 6.07) is 18.3. The highest BCUT2D eigenvalue weighted by Gasteiger charge is 2.18. The zero-order chi connectivity index (χ0) is 23.1. The fourth-order valence-corrected chi connectivity index (χ4v) is 4.53. The summed E-state index contributed by atoms with van der Waals surface area (Å²) < 4.78 is 54.2. The maximum Gasteiger partial charge on any atom is 0.387 e. The van der Waals surface area contributed by atoms with Gasteiger partial charge in [-0.1, -0.05) is 35.9 Å². The van der Waals surface area contributed by atoms with Crippen LogP contribution < -0.4 is 10.1 Å². The number of alkyl halides is 2. The molecule has 0 spiro atoms. The Bertz CT molecular complexity index is 1130. The van der Waals surface area contributed by atoms with Gasteiger partial charge >= 0.3 is 6.61 Å². The number of rotatable bonds is 10. The third-order valence-electron chi connectivity index (χ3n) is 4.75. The maximum absolute atomic E-state index is 12.7. The zero-order valence-electron chi connectivity index (χ0n) is 17.3. The van der Waals surface area contributed by atoms with E-state index in [4.69, 9.17) is 11.6 Å². The summed E-state index contributed by atoms with van der Waals surface area (Å²) in [6.45, 7) is -2.02. The summed E-state index contributed by atoms with van der Waals surface area (Å²) in [5, 5.41) is 13.9. The van der Waals surface area contributed by atoms with Crippen molar-refractivity contribution in [2.24, 2.45) is 0 Å². The van der Waals surface area contributed by atoms with E-state index >= 15 is 0 Å². The molecular weight excluding hydrogens is 495 g/mol. The Morgan fingerprint density at radius 2 is 1.58 bits per heavy atom. The largest absolute Gasteiger partial charge is 0.435 e. The van der Waals surface area contributed by atoms with E-state index in [2.05, 4.69) is 10.1 Å². The Kier molecular flexibility index (Phi) is 10.1. The maximum atomic E-state index is 12.7. The molecule has 3 aromatic carbocycles. The average Bonchev–Trinajstić information content (AvgIpc) is 2.77. The normalized spacial score (nSPS) is 12.3. The van der Waals surface area contributed by atoms with E-state index in [9.17, 15) is 22.3 Å². The number of benzene rings is 3. The van der Waals surface area contributed by atoms with Crippen molar-refractivity contribution in [1.29, 1.82) is 0 Å². The molecular formula is C23H23Cl2F2NO4S. The van der Waals surface area contributed by atoms with Gasteiger partial charge in [-0.15, -0.1) is 12.4 Å². The van der Waals surface area contributed by atoms with Crippen molar-refractivity contribution in [1.82, 2.24) is 5.32 Å². The van der Waals surface area contributed by atoms with Crippen LogP contribution in [0.3, 0.4) is 0 Å². The SMILES string of the molecule is Cl.O=S(=O)(c1ccc(CCNC[C@H](O)c2cccc(Cl)c2)cc1)c1ccc(OC(F)F)cc1. The highest BCUT2D eigenvalue weighted by atomic mass is 35.5. The Morgan fingerprint density at radius 3 is 2.15 bits per heavy atom. The van der Waals surface area contributed by atoms with Gasteiger partial charge in [0.15, 0.2) is 0 Å². The topological polar surface area (TPSA) is 75.6 Å². The van der Waals surface area contributed by atoms with Crippen LogP contribution in [-0.2, 0) is 16.3 Å². The van der Waals surface area contributed by atoms with E-state index in [0.717, 1.165) is 11.1 Å². The van der Waals surface area contributed by atoms with Crippen LogP contribution in [0.25, 0.3) is 0 Å². The van der Waals surface area contributed by atoms with E-state index in [0.29, 0.717) is 24.5 Å². The molecule has 3 aromatic rings. The molecule has 0 amide bonds. The van der Waals surface area contributed by atoms with Gasteiger partial charge < -0.3 is 15.2 Å². The van der Waals surface area contributed by atoms with Gasteiger partial charge in [-0.05, 0) is 72.6 Å². The minimum absolute atomic E-state index is 0. The minimum Gasteiger partial charge on any atom is -0.435 e. The predicted octanol–water partition coefficient (Wildman–Crippen LogP) is 5.06. The quantitative estimate of drug-likeness (QED) is 0.367. The molecule has 0 aliphatic carbocycles. The number of sulfone groups is 1. The summed E-state index contributed by atoms with van der Waals surface area (Å²) in [7, 11) is -3.77. The van der Waals surface area contributed by atoms with Crippen molar-refractivity contribution in [2.45, 2.75) is 28.9 Å². The smallest absolute Gasteiger partial charge is 0.387 e. The summed E-state index contributed by atoms with van der Waals surface area (Å²) in [6.07, 6.45) is -0.0406. The first-order valence-corrected chi connectivity index (χ1v) is 11.6. The van der Waals surface area contributed by atoms with Crippen molar-refractivity contribution in [3.63, 3.8) is 0 Å². The number of nitrogens with one attached hydrogen (secondary N) is 1. The molecule has 0 saturated carbocycles. The molecule has 0 bridgehead atoms. The van der Waals surface area contributed by atoms with Gasteiger partial charge in [0.05, 0.1) is 15.9 Å². The third kappa shape index (κ3) is 7.65. The zero-order valence-corrected chi connectivity index (χ0v) is 19.7. The first kappa shape index (κ1) is 27.0. The summed E-state index contributed by atoms with van der Waals surface area (Å²) in [5.74, 6) is -0.109. The molecule has 3 rings (SSSR count). The van der Waals surface area contributed by atoms with E-state index in [1.165, 1.54) is 36.4 Å². The first-order valence-electron chi connectivity index (χ1n) is 9.79. The fourth-order valence-electron chi connectivity index (χ4n) is 3.07. The second-order valence-corrected chi connectivity index (χ2v) is 9.41. The molecule has 0 heterocycles. The summed E-state index contributed by atoms with van der Waals surface area (Å²) in [5.41, 5.74) is 1.66. The van der Waals surface area contributed by atoms with Crippen molar-refractivity contribution in [2.75, 3.05) is 13.1 Å². The minimum atomic E-state index is -3.77. The molecule has 0 aliphatic heterocycles. The van der Waals surface area contributed by atoms with Crippen molar-refractivity contribution >= 4 is 33.8 Å². The van der Waals surface area contributed by atoms with Crippen molar-refractivity contribution in [3.8, 4) is 5.75 Å². The fraction of sp³-hybridized carbons (Fsp3) is 0.217. The second-order valence-electron chi connectivity index (χ2n) is 7.02. The van der Waals surface area contributed by atoms with Gasteiger partial charge in [-0.3, -0.25) is 0 Å². The van der Waals surface area contributed by atoms with Gasteiger partial charge in [-0.25, -0.2) is 8.42 Å². The van der Waals surface area contributed by atoms with E-state index in [1.54, 1.807) is 36.4 Å². The molecule has 10 heteroatoms. The lowest BCUT2D eigenvalue weighted by Gasteiger charge is -2.13. The molecule has 0 saturated heterocycles. The van der Waals surface area contributed by atoms with Crippen LogP contribution in [0.4, 0.5) is 8.78 Å². The van der Waals surface area contributed by atoms with Crippen LogP contribution in [0.2, 0.25) is 5.02 Å². The number of aliphatic hydroxyl groups excluding tert-OH is 1. The van der Waals surface area contributed by atoms with Gasteiger partial charge in [0.25, 0.3) is 0 Å². The van der Waals surface area contributed by atoms with Crippen molar-refractivity contribution in [3.05, 3.63) is 88.9 Å². The van der Waals surface area contributed by atoms with Crippen LogP contribution in [-0.4, -0.2) is 33.2 Å². The molecule has 0 unspecified atom stereocenters. The lowest BCUT2D eigenvalue weighted by atomic mass is 10.1. The molecule has 1 atom stereocenters. The molecule has 33 heavy (non-hydrogen) atoms. The molecule has 2 N–H and O–H groups in total. The molecule has 178 valence electrons. The van der Waals surface area contributed by atoms with E-state index in [-0.39, 0.29) is 27.9 Å². The first-order chi connectivity index (χ1) is 15.3. The Morgan fingerprint density at radius 1 is 0.970 bits per heavy atom. The van der Waals surface area contributed by atoms with Crippen molar-refractivity contribution < 1.29 is 27.0 Å². The molecule has 5 nitrogen and oxygen atoms in total. The second kappa shape index (κ2) is 12.3. The number of ether oxygens (including phenoxy) is 1. The summed E-state index contributed by atoms with van der Waals surface area (Å²) in [4.78, 5) is 0.0941. The van der Waals surface area contributed by atoms with Crippen LogP contribution in [0.1, 0.15) is 17.2 Å². The van der Waals surface area contributed by atoms with Gasteiger partial charge in [0.1, 0.15) is 5.75 Å². The van der Waals surface area contributed by atoms with Crippen LogP contribution in [0, 0.1) is 0 Å². The lowest BCUT2D eigenvalue weighted by Crippen LogP contribution is -2.23.